The lowest BCUT2D eigenvalue weighted by Gasteiger charge is -2.09. The molecular formula is C16H13ClFNO4. The van der Waals surface area contributed by atoms with E-state index < -0.39 is 5.82 Å². The third-order valence-corrected chi connectivity index (χ3v) is 3.47. The molecule has 1 amide bonds. The second-order valence-corrected chi connectivity index (χ2v) is 5.23. The fourth-order valence-electron chi connectivity index (χ4n) is 2.04. The molecule has 0 unspecified atom stereocenters. The van der Waals surface area contributed by atoms with Crippen LogP contribution in [-0.2, 0) is 11.3 Å². The van der Waals surface area contributed by atoms with E-state index in [1.807, 2.05) is 6.07 Å². The lowest BCUT2D eigenvalue weighted by atomic mass is 10.2. The third-order valence-electron chi connectivity index (χ3n) is 3.18. The molecule has 2 aromatic rings. The predicted octanol–water partition coefficient (Wildman–Crippen LogP) is 2.90. The van der Waals surface area contributed by atoms with Crippen LogP contribution in [-0.4, -0.2) is 19.3 Å². The molecule has 0 aliphatic carbocycles. The summed E-state index contributed by atoms with van der Waals surface area (Å²) >= 11 is 5.82. The van der Waals surface area contributed by atoms with Crippen molar-refractivity contribution in [2.45, 2.75) is 6.54 Å². The zero-order chi connectivity index (χ0) is 16.2. The molecule has 23 heavy (non-hydrogen) atoms. The molecule has 2 aromatic carbocycles. The second kappa shape index (κ2) is 6.75. The van der Waals surface area contributed by atoms with Gasteiger partial charge in [-0.3, -0.25) is 4.79 Å². The van der Waals surface area contributed by atoms with Crippen molar-refractivity contribution in [3.05, 3.63) is 52.8 Å². The maximum absolute atomic E-state index is 12.9. The number of fused-ring (bicyclic) bond motifs is 1. The van der Waals surface area contributed by atoms with Crippen LogP contribution in [0.3, 0.4) is 0 Å². The third kappa shape index (κ3) is 3.84. The van der Waals surface area contributed by atoms with E-state index in [2.05, 4.69) is 5.32 Å². The average Bonchev–Trinajstić information content (AvgIpc) is 2.99. The number of hydrogen-bond acceptors (Lipinski definition) is 4. The standard InChI is InChI=1S/C16H13ClFNO4/c17-12-6-11(18)2-4-13(12)21-8-16(20)19-7-10-1-3-14-15(5-10)23-9-22-14/h1-6H,7-9H2,(H,19,20). The minimum atomic E-state index is -0.463. The van der Waals surface area contributed by atoms with Gasteiger partial charge in [0.15, 0.2) is 18.1 Å². The smallest absolute Gasteiger partial charge is 0.258 e. The Labute approximate surface area is 136 Å². The van der Waals surface area contributed by atoms with Crippen molar-refractivity contribution < 1.29 is 23.4 Å². The van der Waals surface area contributed by atoms with Gasteiger partial charge in [-0.15, -0.1) is 0 Å². The molecular weight excluding hydrogens is 325 g/mol. The molecule has 120 valence electrons. The maximum atomic E-state index is 12.9. The molecule has 3 rings (SSSR count). The molecule has 0 saturated carbocycles. The Hall–Kier alpha value is -2.47. The lowest BCUT2D eigenvalue weighted by molar-refractivity contribution is -0.123. The number of benzene rings is 2. The molecule has 0 saturated heterocycles. The van der Waals surface area contributed by atoms with Gasteiger partial charge in [0.1, 0.15) is 11.6 Å². The van der Waals surface area contributed by atoms with E-state index in [0.717, 1.165) is 11.6 Å². The number of amides is 1. The number of carbonyl (C=O) groups excluding carboxylic acids is 1. The van der Waals surface area contributed by atoms with Crippen LogP contribution >= 0.6 is 11.6 Å². The molecule has 0 bridgehead atoms. The van der Waals surface area contributed by atoms with E-state index in [1.54, 1.807) is 12.1 Å². The molecule has 7 heteroatoms. The van der Waals surface area contributed by atoms with Gasteiger partial charge in [-0.25, -0.2) is 4.39 Å². The first-order valence-electron chi connectivity index (χ1n) is 6.85. The van der Waals surface area contributed by atoms with Crippen molar-refractivity contribution in [2.75, 3.05) is 13.4 Å². The zero-order valence-electron chi connectivity index (χ0n) is 12.0. The van der Waals surface area contributed by atoms with Gasteiger partial charge < -0.3 is 19.5 Å². The zero-order valence-corrected chi connectivity index (χ0v) is 12.7. The highest BCUT2D eigenvalue weighted by Crippen LogP contribution is 2.32. The summed E-state index contributed by atoms with van der Waals surface area (Å²) in [6, 6.07) is 9.15. The highest BCUT2D eigenvalue weighted by atomic mass is 35.5. The summed E-state index contributed by atoms with van der Waals surface area (Å²) in [4.78, 5) is 11.8. The highest BCUT2D eigenvalue weighted by Gasteiger charge is 2.13. The number of ether oxygens (including phenoxy) is 3. The van der Waals surface area contributed by atoms with E-state index in [0.29, 0.717) is 18.0 Å². The van der Waals surface area contributed by atoms with Crippen molar-refractivity contribution >= 4 is 17.5 Å². The van der Waals surface area contributed by atoms with Crippen LogP contribution < -0.4 is 19.5 Å². The van der Waals surface area contributed by atoms with E-state index in [-0.39, 0.29) is 30.1 Å². The Morgan fingerprint density at radius 3 is 2.87 bits per heavy atom. The summed E-state index contributed by atoms with van der Waals surface area (Å²) in [6.07, 6.45) is 0. The fourth-order valence-corrected chi connectivity index (χ4v) is 2.26. The van der Waals surface area contributed by atoms with Gasteiger partial charge in [-0.05, 0) is 35.9 Å². The van der Waals surface area contributed by atoms with Crippen LogP contribution in [0.4, 0.5) is 4.39 Å². The van der Waals surface area contributed by atoms with E-state index >= 15 is 0 Å². The maximum Gasteiger partial charge on any atom is 0.258 e. The topological polar surface area (TPSA) is 56.8 Å². The van der Waals surface area contributed by atoms with Gasteiger partial charge in [0, 0.05) is 6.54 Å². The summed E-state index contributed by atoms with van der Waals surface area (Å²) in [7, 11) is 0. The Balaban J connectivity index is 1.50. The van der Waals surface area contributed by atoms with Gasteiger partial charge >= 0.3 is 0 Å². The van der Waals surface area contributed by atoms with Crippen molar-refractivity contribution in [1.29, 1.82) is 0 Å². The van der Waals surface area contributed by atoms with Crippen LogP contribution in [0.25, 0.3) is 0 Å². The van der Waals surface area contributed by atoms with E-state index in [1.165, 1.54) is 12.1 Å². The lowest BCUT2D eigenvalue weighted by Crippen LogP contribution is -2.28. The molecule has 0 radical (unpaired) electrons. The quantitative estimate of drug-likeness (QED) is 0.911. The number of hydrogen-bond donors (Lipinski definition) is 1. The molecule has 1 aliphatic heterocycles. The van der Waals surface area contributed by atoms with Crippen molar-refractivity contribution in [3.8, 4) is 17.2 Å². The minimum absolute atomic E-state index is 0.119. The predicted molar refractivity (Wildman–Crippen MR) is 81.3 cm³/mol. The normalized spacial score (nSPS) is 12.1. The van der Waals surface area contributed by atoms with Crippen LogP contribution in [0.5, 0.6) is 17.2 Å². The summed E-state index contributed by atoms with van der Waals surface area (Å²) < 4.78 is 28.7. The summed E-state index contributed by atoms with van der Waals surface area (Å²) in [5, 5.41) is 2.83. The molecule has 1 N–H and O–H groups in total. The first-order valence-corrected chi connectivity index (χ1v) is 7.23. The van der Waals surface area contributed by atoms with E-state index in [9.17, 15) is 9.18 Å². The second-order valence-electron chi connectivity index (χ2n) is 4.83. The van der Waals surface area contributed by atoms with Crippen LogP contribution in [0.2, 0.25) is 5.02 Å². The van der Waals surface area contributed by atoms with Crippen LogP contribution in [0.1, 0.15) is 5.56 Å². The molecule has 0 aromatic heterocycles. The van der Waals surface area contributed by atoms with Crippen LogP contribution in [0.15, 0.2) is 36.4 Å². The van der Waals surface area contributed by atoms with E-state index in [4.69, 9.17) is 25.8 Å². The van der Waals surface area contributed by atoms with Crippen molar-refractivity contribution in [3.63, 3.8) is 0 Å². The Bertz CT molecular complexity index is 738. The average molecular weight is 338 g/mol. The Kier molecular flexibility index (Phi) is 4.52. The van der Waals surface area contributed by atoms with Gasteiger partial charge in [0.25, 0.3) is 5.91 Å². The Morgan fingerprint density at radius 1 is 1.22 bits per heavy atom. The van der Waals surface area contributed by atoms with Gasteiger partial charge in [-0.2, -0.15) is 0 Å². The number of nitrogens with one attached hydrogen (secondary N) is 1. The number of halogens is 2. The summed E-state index contributed by atoms with van der Waals surface area (Å²) in [5.41, 5.74) is 0.877. The first-order chi connectivity index (χ1) is 11.1. The van der Waals surface area contributed by atoms with Crippen molar-refractivity contribution in [1.82, 2.24) is 5.32 Å². The Morgan fingerprint density at radius 2 is 2.04 bits per heavy atom. The summed E-state index contributed by atoms with van der Waals surface area (Å²) in [6.45, 7) is 0.323. The SMILES string of the molecule is O=C(COc1ccc(F)cc1Cl)NCc1ccc2c(c1)OCO2. The van der Waals surface area contributed by atoms with Gasteiger partial charge in [0.2, 0.25) is 6.79 Å². The molecule has 1 heterocycles. The number of carbonyl (C=O) groups is 1. The van der Waals surface area contributed by atoms with Crippen molar-refractivity contribution in [2.24, 2.45) is 0 Å². The first kappa shape index (κ1) is 15.4. The van der Waals surface area contributed by atoms with Gasteiger partial charge in [0.05, 0.1) is 5.02 Å². The molecule has 0 atom stereocenters. The molecule has 5 nitrogen and oxygen atoms in total. The highest BCUT2D eigenvalue weighted by molar-refractivity contribution is 6.32. The van der Waals surface area contributed by atoms with Crippen LogP contribution in [0, 0.1) is 5.82 Å². The molecule has 1 aliphatic rings. The molecule has 0 spiro atoms. The monoisotopic (exact) mass is 337 g/mol. The number of rotatable bonds is 5. The summed E-state index contributed by atoms with van der Waals surface area (Å²) in [5.74, 6) is 0.824. The fraction of sp³-hybridized carbons (Fsp3) is 0.188. The minimum Gasteiger partial charge on any atom is -0.482 e. The molecule has 0 fully saturated rings. The van der Waals surface area contributed by atoms with Gasteiger partial charge in [-0.1, -0.05) is 17.7 Å². The largest absolute Gasteiger partial charge is 0.482 e.